The molecule has 1 unspecified atom stereocenters. The van der Waals surface area contributed by atoms with Gasteiger partial charge in [-0.15, -0.1) is 10.2 Å². The topological polar surface area (TPSA) is 56.3 Å². The second-order valence-electron chi connectivity index (χ2n) is 5.92. The van der Waals surface area contributed by atoms with Crippen LogP contribution in [0, 0.1) is 12.8 Å². The van der Waals surface area contributed by atoms with Crippen LogP contribution in [0.2, 0.25) is 0 Å². The zero-order valence-corrected chi connectivity index (χ0v) is 14.4. The van der Waals surface area contributed by atoms with Gasteiger partial charge in [0.05, 0.1) is 13.2 Å². The van der Waals surface area contributed by atoms with Gasteiger partial charge in [0, 0.05) is 24.6 Å². The van der Waals surface area contributed by atoms with Crippen LogP contribution in [-0.2, 0) is 17.5 Å². The summed E-state index contributed by atoms with van der Waals surface area (Å²) in [6.45, 7) is 4.29. The van der Waals surface area contributed by atoms with Crippen LogP contribution in [0.1, 0.15) is 22.6 Å². The van der Waals surface area contributed by atoms with Gasteiger partial charge in [0.2, 0.25) is 10.1 Å². The lowest BCUT2D eigenvalue weighted by atomic mass is 10.1. The van der Waals surface area contributed by atoms with Gasteiger partial charge in [0.1, 0.15) is 5.75 Å². The fourth-order valence-corrected chi connectivity index (χ4v) is 3.05. The lowest BCUT2D eigenvalue weighted by Crippen LogP contribution is -2.13. The third-order valence-electron chi connectivity index (χ3n) is 3.82. The van der Waals surface area contributed by atoms with Crippen molar-refractivity contribution in [2.45, 2.75) is 26.1 Å². The van der Waals surface area contributed by atoms with E-state index in [9.17, 15) is 13.2 Å². The maximum atomic E-state index is 12.6. The minimum Gasteiger partial charge on any atom is -0.493 e. The molecule has 136 valence electrons. The van der Waals surface area contributed by atoms with Crippen molar-refractivity contribution in [3.8, 4) is 5.75 Å². The molecule has 2 aromatic rings. The molecule has 1 saturated heterocycles. The molecule has 0 bridgehead atoms. The minimum absolute atomic E-state index is 0.128. The zero-order valence-electron chi connectivity index (χ0n) is 13.6. The molecule has 9 heteroatoms. The number of aromatic nitrogens is 2. The summed E-state index contributed by atoms with van der Waals surface area (Å²) < 4.78 is 49.0. The average Bonchev–Trinajstić information content (AvgIpc) is 3.23. The van der Waals surface area contributed by atoms with E-state index in [1.54, 1.807) is 0 Å². The number of alkyl halides is 3. The third-order valence-corrected chi connectivity index (χ3v) is 4.74. The number of hydrogen-bond acceptors (Lipinski definition) is 6. The number of halogens is 3. The number of nitrogens with one attached hydrogen (secondary N) is 1. The van der Waals surface area contributed by atoms with E-state index >= 15 is 0 Å². The summed E-state index contributed by atoms with van der Waals surface area (Å²) in [5.74, 6) is 1.10. The van der Waals surface area contributed by atoms with Crippen molar-refractivity contribution < 1.29 is 22.6 Å². The Bertz CT molecular complexity index is 715. The van der Waals surface area contributed by atoms with Gasteiger partial charge in [-0.25, -0.2) is 0 Å². The van der Waals surface area contributed by atoms with Crippen LogP contribution in [0.25, 0.3) is 0 Å². The van der Waals surface area contributed by atoms with E-state index in [2.05, 4.69) is 15.5 Å². The van der Waals surface area contributed by atoms with Crippen LogP contribution < -0.4 is 10.1 Å². The van der Waals surface area contributed by atoms with Crippen molar-refractivity contribution in [3.63, 3.8) is 0 Å². The Morgan fingerprint density at radius 2 is 2.20 bits per heavy atom. The highest BCUT2D eigenvalue weighted by atomic mass is 32.1. The van der Waals surface area contributed by atoms with E-state index in [0.717, 1.165) is 29.9 Å². The molecule has 0 spiro atoms. The molecule has 1 fully saturated rings. The number of rotatable bonds is 6. The van der Waals surface area contributed by atoms with Crippen LogP contribution in [-0.4, -0.2) is 30.0 Å². The summed E-state index contributed by atoms with van der Waals surface area (Å²) in [5.41, 5.74) is 1.91. The highest BCUT2D eigenvalue weighted by molar-refractivity contribution is 7.15. The summed E-state index contributed by atoms with van der Waals surface area (Å²) >= 11 is 0.486. The van der Waals surface area contributed by atoms with E-state index < -0.39 is 11.2 Å². The average molecular weight is 373 g/mol. The molecule has 0 saturated carbocycles. The molecule has 1 aliphatic heterocycles. The highest BCUT2D eigenvalue weighted by Crippen LogP contribution is 2.33. The molecular formula is C16H18F3N3O2S. The second kappa shape index (κ2) is 7.57. The first-order valence-corrected chi connectivity index (χ1v) is 8.68. The monoisotopic (exact) mass is 373 g/mol. The first-order valence-electron chi connectivity index (χ1n) is 7.86. The first-order chi connectivity index (χ1) is 11.9. The van der Waals surface area contributed by atoms with Crippen molar-refractivity contribution in [3.05, 3.63) is 34.3 Å². The lowest BCUT2D eigenvalue weighted by Gasteiger charge is -2.15. The molecule has 1 N–H and O–H groups in total. The summed E-state index contributed by atoms with van der Waals surface area (Å²) in [6, 6.07) is 5.76. The normalized spacial score (nSPS) is 17.7. The Morgan fingerprint density at radius 1 is 1.36 bits per heavy atom. The van der Waals surface area contributed by atoms with Gasteiger partial charge < -0.3 is 14.8 Å². The Morgan fingerprint density at radius 3 is 2.88 bits per heavy atom. The van der Waals surface area contributed by atoms with E-state index in [4.69, 9.17) is 9.47 Å². The maximum Gasteiger partial charge on any atom is 0.445 e. The molecule has 1 aliphatic rings. The number of aryl methyl sites for hydroxylation is 1. The smallest absolute Gasteiger partial charge is 0.445 e. The van der Waals surface area contributed by atoms with Crippen LogP contribution in [0.15, 0.2) is 18.2 Å². The van der Waals surface area contributed by atoms with Crippen molar-refractivity contribution >= 4 is 16.5 Å². The molecule has 25 heavy (non-hydrogen) atoms. The molecule has 3 rings (SSSR count). The number of anilines is 1. The van der Waals surface area contributed by atoms with Crippen LogP contribution >= 0.6 is 11.3 Å². The zero-order chi connectivity index (χ0) is 17.9. The Kier molecular flexibility index (Phi) is 5.43. The molecule has 1 aromatic carbocycles. The SMILES string of the molecule is Cc1ccc(CNc2nnc(C(F)(F)F)s2)c(OCC2CCOC2)c1. The van der Waals surface area contributed by atoms with E-state index in [0.29, 0.717) is 37.0 Å². The molecule has 1 atom stereocenters. The molecule has 0 aliphatic carbocycles. The molecule has 0 amide bonds. The molecule has 0 radical (unpaired) electrons. The highest BCUT2D eigenvalue weighted by Gasteiger charge is 2.35. The maximum absolute atomic E-state index is 12.6. The predicted octanol–water partition coefficient (Wildman–Crippen LogP) is 3.89. The number of benzene rings is 1. The number of hydrogen-bond donors (Lipinski definition) is 1. The quantitative estimate of drug-likeness (QED) is 0.832. The molecule has 5 nitrogen and oxygen atoms in total. The second-order valence-corrected chi connectivity index (χ2v) is 6.89. The summed E-state index contributed by atoms with van der Waals surface area (Å²) in [6.07, 6.45) is -3.50. The lowest BCUT2D eigenvalue weighted by molar-refractivity contribution is -0.138. The van der Waals surface area contributed by atoms with Gasteiger partial charge in [-0.2, -0.15) is 13.2 Å². The van der Waals surface area contributed by atoms with E-state index in [1.165, 1.54) is 0 Å². The Balaban J connectivity index is 1.64. The van der Waals surface area contributed by atoms with Crippen molar-refractivity contribution in [1.29, 1.82) is 0 Å². The predicted molar refractivity (Wildman–Crippen MR) is 87.8 cm³/mol. The summed E-state index contributed by atoms with van der Waals surface area (Å²) in [7, 11) is 0. The van der Waals surface area contributed by atoms with Gasteiger partial charge in [-0.1, -0.05) is 23.5 Å². The Hall–Kier alpha value is -1.87. The fraction of sp³-hybridized carbons (Fsp3) is 0.500. The van der Waals surface area contributed by atoms with Crippen molar-refractivity contribution in [1.82, 2.24) is 10.2 Å². The van der Waals surface area contributed by atoms with Gasteiger partial charge >= 0.3 is 6.18 Å². The van der Waals surface area contributed by atoms with Crippen LogP contribution in [0.4, 0.5) is 18.3 Å². The number of ether oxygens (including phenoxy) is 2. The summed E-state index contributed by atoms with van der Waals surface area (Å²) in [5, 5.41) is 8.74. The fourth-order valence-electron chi connectivity index (χ4n) is 2.44. The molecular weight excluding hydrogens is 355 g/mol. The van der Waals surface area contributed by atoms with Crippen LogP contribution in [0.3, 0.4) is 0 Å². The minimum atomic E-state index is -4.47. The Labute approximate surface area is 147 Å². The van der Waals surface area contributed by atoms with Gasteiger partial charge in [0.25, 0.3) is 0 Å². The molecule has 2 heterocycles. The third kappa shape index (κ3) is 4.82. The standard InChI is InChI=1S/C16H18F3N3O2S/c1-10-2-3-12(13(6-10)24-9-11-4-5-23-8-11)7-20-15-22-21-14(25-15)16(17,18)19/h2-3,6,11H,4-5,7-9H2,1H3,(H,20,22). The van der Waals surface area contributed by atoms with E-state index in [1.807, 2.05) is 25.1 Å². The number of nitrogens with zero attached hydrogens (tertiary/aromatic N) is 2. The summed E-state index contributed by atoms with van der Waals surface area (Å²) in [4.78, 5) is 0. The first kappa shape index (κ1) is 17.9. The van der Waals surface area contributed by atoms with Gasteiger partial charge in [0.15, 0.2) is 0 Å². The van der Waals surface area contributed by atoms with Crippen molar-refractivity contribution in [2.24, 2.45) is 5.92 Å². The largest absolute Gasteiger partial charge is 0.493 e. The molecule has 1 aromatic heterocycles. The van der Waals surface area contributed by atoms with Gasteiger partial charge in [-0.3, -0.25) is 0 Å². The van der Waals surface area contributed by atoms with E-state index in [-0.39, 0.29) is 5.13 Å². The van der Waals surface area contributed by atoms with Gasteiger partial charge in [-0.05, 0) is 25.0 Å². The van der Waals surface area contributed by atoms with Crippen molar-refractivity contribution in [2.75, 3.05) is 25.1 Å². The van der Waals surface area contributed by atoms with Crippen LogP contribution in [0.5, 0.6) is 5.75 Å².